The minimum atomic E-state index is 0.211. The monoisotopic (exact) mass is 228 g/mol. The average molecular weight is 228 g/mol. The summed E-state index contributed by atoms with van der Waals surface area (Å²) in [4.78, 5) is 11.6. The highest BCUT2D eigenvalue weighted by Gasteiger charge is 2.37. The molecule has 2 aliphatic rings. The van der Waals surface area contributed by atoms with E-state index in [1.165, 1.54) is 18.6 Å². The zero-order chi connectivity index (χ0) is 10.7. The van der Waals surface area contributed by atoms with Crippen LogP contribution < -0.4 is 10.6 Å². The predicted octanol–water partition coefficient (Wildman–Crippen LogP) is 0.998. The molecule has 1 saturated carbocycles. The van der Waals surface area contributed by atoms with E-state index in [1.807, 2.05) is 11.8 Å². The maximum Gasteiger partial charge on any atom is 0.221 e. The first-order valence-corrected chi connectivity index (χ1v) is 6.91. The molecule has 0 radical (unpaired) electrons. The topological polar surface area (TPSA) is 41.1 Å². The van der Waals surface area contributed by atoms with Crippen molar-refractivity contribution >= 4 is 17.7 Å². The third-order valence-electron chi connectivity index (χ3n) is 3.25. The van der Waals surface area contributed by atoms with Crippen LogP contribution in [-0.4, -0.2) is 36.5 Å². The molecule has 15 heavy (non-hydrogen) atoms. The van der Waals surface area contributed by atoms with Gasteiger partial charge in [0, 0.05) is 37.1 Å². The van der Waals surface area contributed by atoms with Gasteiger partial charge in [0.25, 0.3) is 0 Å². The van der Waals surface area contributed by atoms with E-state index >= 15 is 0 Å². The van der Waals surface area contributed by atoms with Crippen LogP contribution in [0.25, 0.3) is 0 Å². The van der Waals surface area contributed by atoms with Gasteiger partial charge in [0.05, 0.1) is 0 Å². The van der Waals surface area contributed by atoms with Crippen molar-refractivity contribution in [3.05, 3.63) is 0 Å². The van der Waals surface area contributed by atoms with Gasteiger partial charge in [-0.3, -0.25) is 4.79 Å². The molecule has 0 aromatic heterocycles. The molecule has 1 amide bonds. The van der Waals surface area contributed by atoms with E-state index in [4.69, 9.17) is 0 Å². The first-order chi connectivity index (χ1) is 7.18. The average Bonchev–Trinajstić information content (AvgIpc) is 2.96. The second kappa shape index (κ2) is 4.74. The maximum atomic E-state index is 11.6. The summed E-state index contributed by atoms with van der Waals surface area (Å²) in [7, 11) is 0. The van der Waals surface area contributed by atoms with Gasteiger partial charge in [-0.15, -0.1) is 0 Å². The zero-order valence-electron chi connectivity index (χ0n) is 9.34. The number of amides is 1. The van der Waals surface area contributed by atoms with E-state index < -0.39 is 0 Å². The number of hydrogen-bond acceptors (Lipinski definition) is 3. The number of nitrogens with one attached hydrogen (secondary N) is 2. The van der Waals surface area contributed by atoms with Crippen molar-refractivity contribution in [3.63, 3.8) is 0 Å². The van der Waals surface area contributed by atoms with Crippen LogP contribution in [0.15, 0.2) is 0 Å². The SMILES string of the molecule is CC1(CNC(=O)CC2CSCCN2)CC1. The van der Waals surface area contributed by atoms with Gasteiger partial charge in [0.1, 0.15) is 0 Å². The molecule has 2 fully saturated rings. The van der Waals surface area contributed by atoms with Crippen LogP contribution in [0, 0.1) is 5.41 Å². The number of carbonyl (C=O) groups excluding carboxylic acids is 1. The summed E-state index contributed by atoms with van der Waals surface area (Å²) in [5.41, 5.74) is 0.421. The fourth-order valence-electron chi connectivity index (χ4n) is 1.75. The third-order valence-corrected chi connectivity index (χ3v) is 4.38. The molecule has 3 nitrogen and oxygen atoms in total. The van der Waals surface area contributed by atoms with Gasteiger partial charge < -0.3 is 10.6 Å². The lowest BCUT2D eigenvalue weighted by molar-refractivity contribution is -0.121. The van der Waals surface area contributed by atoms with E-state index in [9.17, 15) is 4.79 Å². The molecule has 0 aromatic carbocycles. The molecule has 2 rings (SSSR count). The smallest absolute Gasteiger partial charge is 0.221 e. The molecule has 86 valence electrons. The lowest BCUT2D eigenvalue weighted by Gasteiger charge is -2.22. The minimum Gasteiger partial charge on any atom is -0.356 e. The van der Waals surface area contributed by atoms with Gasteiger partial charge in [-0.25, -0.2) is 0 Å². The summed E-state index contributed by atoms with van der Waals surface area (Å²) in [6.07, 6.45) is 3.18. The Bertz CT molecular complexity index is 235. The molecule has 1 heterocycles. The number of carbonyl (C=O) groups is 1. The highest BCUT2D eigenvalue weighted by molar-refractivity contribution is 7.99. The molecule has 0 aromatic rings. The molecule has 0 spiro atoms. The van der Waals surface area contributed by atoms with Crippen LogP contribution in [0.3, 0.4) is 0 Å². The second-order valence-electron chi connectivity index (χ2n) is 5.02. The quantitative estimate of drug-likeness (QED) is 0.754. The van der Waals surface area contributed by atoms with Crippen LogP contribution >= 0.6 is 11.8 Å². The van der Waals surface area contributed by atoms with E-state index in [-0.39, 0.29) is 5.91 Å². The molecule has 2 N–H and O–H groups in total. The van der Waals surface area contributed by atoms with Gasteiger partial charge in [0.15, 0.2) is 0 Å². The van der Waals surface area contributed by atoms with Gasteiger partial charge in [-0.2, -0.15) is 11.8 Å². The van der Waals surface area contributed by atoms with Gasteiger partial charge in [0.2, 0.25) is 5.91 Å². The van der Waals surface area contributed by atoms with Crippen molar-refractivity contribution in [1.82, 2.24) is 10.6 Å². The Balaban J connectivity index is 1.62. The Labute approximate surface area is 95.8 Å². The van der Waals surface area contributed by atoms with Gasteiger partial charge in [-0.05, 0) is 18.3 Å². The molecule has 1 saturated heterocycles. The molecular formula is C11H20N2OS. The first-order valence-electron chi connectivity index (χ1n) is 5.76. The largest absolute Gasteiger partial charge is 0.356 e. The third kappa shape index (κ3) is 3.68. The van der Waals surface area contributed by atoms with Crippen molar-refractivity contribution in [3.8, 4) is 0 Å². The Hall–Kier alpha value is -0.220. The van der Waals surface area contributed by atoms with Crippen LogP contribution in [0.2, 0.25) is 0 Å². The Morgan fingerprint density at radius 2 is 2.40 bits per heavy atom. The molecule has 1 aliphatic heterocycles. The van der Waals surface area contributed by atoms with E-state index in [1.54, 1.807) is 0 Å². The fraction of sp³-hybridized carbons (Fsp3) is 0.909. The summed E-state index contributed by atoms with van der Waals surface area (Å²) in [5, 5.41) is 6.43. The molecule has 1 aliphatic carbocycles. The lowest BCUT2D eigenvalue weighted by atomic mass is 10.1. The number of rotatable bonds is 4. The fourth-order valence-corrected chi connectivity index (χ4v) is 2.70. The van der Waals surface area contributed by atoms with Gasteiger partial charge >= 0.3 is 0 Å². The minimum absolute atomic E-state index is 0.211. The summed E-state index contributed by atoms with van der Waals surface area (Å²) >= 11 is 1.94. The summed E-state index contributed by atoms with van der Waals surface area (Å²) < 4.78 is 0. The van der Waals surface area contributed by atoms with Crippen LogP contribution in [0.4, 0.5) is 0 Å². The van der Waals surface area contributed by atoms with Crippen molar-refractivity contribution in [2.24, 2.45) is 5.41 Å². The molecule has 1 atom stereocenters. The Kier molecular flexibility index (Phi) is 3.57. The van der Waals surface area contributed by atoms with Crippen LogP contribution in [-0.2, 0) is 4.79 Å². The second-order valence-corrected chi connectivity index (χ2v) is 6.17. The maximum absolute atomic E-state index is 11.6. The van der Waals surface area contributed by atoms with Crippen molar-refractivity contribution < 1.29 is 4.79 Å². The van der Waals surface area contributed by atoms with Crippen LogP contribution in [0.5, 0.6) is 0 Å². The van der Waals surface area contributed by atoms with Crippen molar-refractivity contribution in [1.29, 1.82) is 0 Å². The lowest BCUT2D eigenvalue weighted by Crippen LogP contribution is -2.42. The normalized spacial score (nSPS) is 28.5. The van der Waals surface area contributed by atoms with E-state index in [0.29, 0.717) is 17.9 Å². The van der Waals surface area contributed by atoms with Crippen molar-refractivity contribution in [2.75, 3.05) is 24.6 Å². The number of hydrogen-bond donors (Lipinski definition) is 2. The van der Waals surface area contributed by atoms with Crippen molar-refractivity contribution in [2.45, 2.75) is 32.2 Å². The Morgan fingerprint density at radius 3 is 3.00 bits per heavy atom. The zero-order valence-corrected chi connectivity index (χ0v) is 10.2. The molecule has 4 heteroatoms. The predicted molar refractivity (Wildman–Crippen MR) is 64.1 cm³/mol. The molecule has 0 bridgehead atoms. The standard InChI is InChI=1S/C11H20N2OS/c1-11(2-3-11)8-13-10(14)6-9-7-15-5-4-12-9/h9,12H,2-8H2,1H3,(H,13,14). The molecule has 1 unspecified atom stereocenters. The Morgan fingerprint density at radius 1 is 1.60 bits per heavy atom. The first kappa shape index (κ1) is 11.3. The van der Waals surface area contributed by atoms with Crippen LogP contribution in [0.1, 0.15) is 26.2 Å². The van der Waals surface area contributed by atoms with Gasteiger partial charge in [-0.1, -0.05) is 6.92 Å². The van der Waals surface area contributed by atoms with E-state index in [0.717, 1.165) is 18.8 Å². The van der Waals surface area contributed by atoms with E-state index in [2.05, 4.69) is 17.6 Å². The summed E-state index contributed by atoms with van der Waals surface area (Å²) in [6, 6.07) is 0.385. The summed E-state index contributed by atoms with van der Waals surface area (Å²) in [5.74, 6) is 2.46. The highest BCUT2D eigenvalue weighted by Crippen LogP contribution is 2.44. The highest BCUT2D eigenvalue weighted by atomic mass is 32.2. The molecular weight excluding hydrogens is 208 g/mol. The number of thioether (sulfide) groups is 1. The summed E-state index contributed by atoms with van der Waals surface area (Å²) in [6.45, 7) is 4.15.